The molecule has 15 heteroatoms. The average Bonchev–Trinajstić information content (AvgIpc) is 3.33. The second kappa shape index (κ2) is 16.5. The zero-order valence-electron chi connectivity index (χ0n) is 27.0. The molecule has 0 saturated heterocycles. The van der Waals surface area contributed by atoms with Crippen molar-refractivity contribution in [2.75, 3.05) is 37.9 Å². The lowest BCUT2D eigenvalue weighted by Gasteiger charge is -2.50. The van der Waals surface area contributed by atoms with Crippen molar-refractivity contribution in [3.05, 3.63) is 29.3 Å². The SMILES string of the molecule is C[C@]12CC[C@@H]3c4ccc(OCCSSCCCCCCO)cc4CCC3[C@@H]1CC[C@@H]2OCCCOC(C(F)(F)F)(C(F)(F)F)C(F)(F)F. The van der Waals surface area contributed by atoms with Crippen molar-refractivity contribution in [2.45, 2.75) is 114 Å². The van der Waals surface area contributed by atoms with Gasteiger partial charge in [0.25, 0.3) is 0 Å². The van der Waals surface area contributed by atoms with Gasteiger partial charge in [0.2, 0.25) is 0 Å². The van der Waals surface area contributed by atoms with Crippen LogP contribution >= 0.6 is 21.6 Å². The van der Waals surface area contributed by atoms with E-state index in [9.17, 15) is 39.5 Å². The van der Waals surface area contributed by atoms with Crippen LogP contribution in [0.5, 0.6) is 5.75 Å². The normalized spacial score (nSPS) is 26.2. The monoisotopic (exact) mass is 740 g/mol. The van der Waals surface area contributed by atoms with Gasteiger partial charge in [0.1, 0.15) is 5.75 Å². The maximum absolute atomic E-state index is 13.1. The predicted molar refractivity (Wildman–Crippen MR) is 168 cm³/mol. The first-order valence-corrected chi connectivity index (χ1v) is 19.1. The maximum Gasteiger partial charge on any atom is 0.435 e. The van der Waals surface area contributed by atoms with Crippen LogP contribution in [0.3, 0.4) is 0 Å². The number of rotatable bonds is 17. The predicted octanol–water partition coefficient (Wildman–Crippen LogP) is 10.1. The van der Waals surface area contributed by atoms with Gasteiger partial charge in [-0.2, -0.15) is 39.5 Å². The molecule has 0 bridgehead atoms. The highest BCUT2D eigenvalue weighted by molar-refractivity contribution is 8.76. The number of fused-ring (bicyclic) bond motifs is 5. The summed E-state index contributed by atoms with van der Waals surface area (Å²) >= 11 is 0. The van der Waals surface area contributed by atoms with E-state index in [4.69, 9.17) is 14.6 Å². The van der Waals surface area contributed by atoms with Gasteiger partial charge in [0.05, 0.1) is 19.3 Å². The lowest BCUT2D eigenvalue weighted by Crippen LogP contribution is -2.67. The standard InChI is InChI=1S/C33H45F9O4S2/c1-29-14-13-25-24-10-8-23(44-18-20-48-47-19-5-3-2-4-15-43)21-22(24)7-9-26(25)27(29)11-12-28(29)45-16-6-17-46-30(31(34,35)36,32(37,38)39)33(40,41)42/h8,10,21,25-28,43H,2-7,9,11-20H2,1H3/t25-,26?,27+,28+,29+/m1/s1. The van der Waals surface area contributed by atoms with E-state index >= 15 is 0 Å². The molecule has 3 aliphatic carbocycles. The molecule has 1 unspecified atom stereocenters. The van der Waals surface area contributed by atoms with Crippen molar-refractivity contribution in [3.8, 4) is 5.75 Å². The number of aryl methyl sites for hydroxylation is 1. The van der Waals surface area contributed by atoms with Crippen molar-refractivity contribution in [2.24, 2.45) is 17.3 Å². The molecule has 48 heavy (non-hydrogen) atoms. The number of ether oxygens (including phenoxy) is 3. The van der Waals surface area contributed by atoms with E-state index in [0.29, 0.717) is 30.8 Å². The van der Waals surface area contributed by atoms with Gasteiger partial charge in [0, 0.05) is 24.7 Å². The van der Waals surface area contributed by atoms with Crippen LogP contribution in [-0.2, 0) is 15.9 Å². The number of hydrogen-bond donors (Lipinski definition) is 1. The summed E-state index contributed by atoms with van der Waals surface area (Å²) in [5, 5.41) is 8.83. The highest BCUT2D eigenvalue weighted by atomic mass is 33.1. The molecule has 2 fully saturated rings. The highest BCUT2D eigenvalue weighted by Gasteiger charge is 2.85. The molecule has 0 aromatic heterocycles. The Morgan fingerprint density at radius 2 is 1.48 bits per heavy atom. The molecule has 0 amide bonds. The van der Waals surface area contributed by atoms with Crippen molar-refractivity contribution in [1.29, 1.82) is 0 Å². The Morgan fingerprint density at radius 1 is 0.792 bits per heavy atom. The summed E-state index contributed by atoms with van der Waals surface area (Å²) in [4.78, 5) is 0. The van der Waals surface area contributed by atoms with E-state index in [2.05, 4.69) is 23.8 Å². The van der Waals surface area contributed by atoms with Gasteiger partial charge in [-0.1, -0.05) is 47.4 Å². The summed E-state index contributed by atoms with van der Waals surface area (Å²) in [6.07, 6.45) is -11.7. The van der Waals surface area contributed by atoms with Crippen LogP contribution in [0.2, 0.25) is 0 Å². The van der Waals surface area contributed by atoms with Crippen LogP contribution in [0, 0.1) is 17.3 Å². The van der Waals surface area contributed by atoms with E-state index in [1.54, 1.807) is 10.8 Å². The fourth-order valence-electron chi connectivity index (χ4n) is 8.05. The molecule has 2 saturated carbocycles. The van der Waals surface area contributed by atoms with Gasteiger partial charge in [-0.15, -0.1) is 0 Å². The molecule has 1 aromatic carbocycles. The van der Waals surface area contributed by atoms with Crippen molar-refractivity contribution in [1.82, 2.24) is 0 Å². The summed E-state index contributed by atoms with van der Waals surface area (Å²) in [5.74, 6) is 3.93. The molecular formula is C33H45F9O4S2. The molecule has 4 rings (SSSR count). The topological polar surface area (TPSA) is 47.9 Å². The Labute approximate surface area is 284 Å². The molecule has 5 atom stereocenters. The van der Waals surface area contributed by atoms with E-state index in [1.165, 1.54) is 11.1 Å². The van der Waals surface area contributed by atoms with Crippen LogP contribution in [-0.4, -0.2) is 73.3 Å². The fourth-order valence-corrected chi connectivity index (χ4v) is 10.0. The first-order chi connectivity index (χ1) is 22.6. The lowest BCUT2D eigenvalue weighted by molar-refractivity contribution is -0.457. The molecule has 0 radical (unpaired) electrons. The van der Waals surface area contributed by atoms with Gasteiger partial charge in [-0.3, -0.25) is 0 Å². The van der Waals surface area contributed by atoms with Gasteiger partial charge in [-0.25, -0.2) is 0 Å². The van der Waals surface area contributed by atoms with Crippen LogP contribution in [0.1, 0.15) is 88.2 Å². The molecule has 1 N–H and O–H groups in total. The number of aliphatic hydroxyl groups is 1. The summed E-state index contributed by atoms with van der Waals surface area (Å²) in [6, 6.07) is 6.35. The van der Waals surface area contributed by atoms with Gasteiger partial charge in [-0.05, 0) is 104 Å². The summed E-state index contributed by atoms with van der Waals surface area (Å²) < 4.78 is 134. The van der Waals surface area contributed by atoms with Crippen molar-refractivity contribution >= 4 is 21.6 Å². The third-order valence-corrected chi connectivity index (χ3v) is 12.8. The first kappa shape index (κ1) is 39.8. The van der Waals surface area contributed by atoms with Crippen molar-refractivity contribution in [3.63, 3.8) is 0 Å². The smallest absolute Gasteiger partial charge is 0.435 e. The fraction of sp³-hybridized carbons (Fsp3) is 0.818. The molecule has 0 aliphatic heterocycles. The Kier molecular flexibility index (Phi) is 13.7. The Balaban J connectivity index is 1.24. The Bertz CT molecular complexity index is 1130. The average molecular weight is 741 g/mol. The Hall–Kier alpha value is -1.03. The molecule has 3 aliphatic rings. The maximum atomic E-state index is 13.1. The van der Waals surface area contributed by atoms with E-state index in [-0.39, 0.29) is 24.7 Å². The largest absolute Gasteiger partial charge is 0.493 e. The Morgan fingerprint density at radius 3 is 2.17 bits per heavy atom. The van der Waals surface area contributed by atoms with Gasteiger partial charge >= 0.3 is 24.1 Å². The number of hydrogen-bond acceptors (Lipinski definition) is 6. The summed E-state index contributed by atoms with van der Waals surface area (Å²) in [6.45, 7) is 1.27. The third-order valence-electron chi connectivity index (χ3n) is 10.4. The molecule has 4 nitrogen and oxygen atoms in total. The molecule has 1 aromatic rings. The second-order valence-electron chi connectivity index (χ2n) is 13.3. The minimum atomic E-state index is -6.73. The molecule has 0 heterocycles. The number of benzene rings is 1. The van der Waals surface area contributed by atoms with Crippen LogP contribution < -0.4 is 4.74 Å². The summed E-state index contributed by atoms with van der Waals surface area (Å²) in [5.41, 5.74) is -3.87. The minimum absolute atomic E-state index is 0.245. The molecule has 276 valence electrons. The van der Waals surface area contributed by atoms with Crippen LogP contribution in [0.4, 0.5) is 39.5 Å². The van der Waals surface area contributed by atoms with E-state index in [0.717, 1.165) is 75.0 Å². The zero-order chi connectivity index (χ0) is 35.2. The van der Waals surface area contributed by atoms with Crippen LogP contribution in [0.15, 0.2) is 18.2 Å². The zero-order valence-corrected chi connectivity index (χ0v) is 28.6. The molecular weight excluding hydrogens is 695 g/mol. The lowest BCUT2D eigenvalue weighted by atomic mass is 9.55. The minimum Gasteiger partial charge on any atom is -0.493 e. The van der Waals surface area contributed by atoms with Crippen LogP contribution in [0.25, 0.3) is 0 Å². The number of unbranched alkanes of at least 4 members (excludes halogenated alkanes) is 3. The molecule has 0 spiro atoms. The quantitative estimate of drug-likeness (QED) is 0.0975. The second-order valence-corrected chi connectivity index (χ2v) is 16.0. The highest BCUT2D eigenvalue weighted by Crippen LogP contribution is 2.62. The first-order valence-electron chi connectivity index (χ1n) is 16.6. The number of halogens is 9. The summed E-state index contributed by atoms with van der Waals surface area (Å²) in [7, 11) is 3.65. The number of alkyl halides is 9. The van der Waals surface area contributed by atoms with E-state index in [1.807, 2.05) is 16.9 Å². The van der Waals surface area contributed by atoms with E-state index < -0.39 is 37.2 Å². The van der Waals surface area contributed by atoms with Gasteiger partial charge in [0.15, 0.2) is 0 Å². The van der Waals surface area contributed by atoms with Crippen molar-refractivity contribution < 1.29 is 58.8 Å². The van der Waals surface area contributed by atoms with Gasteiger partial charge < -0.3 is 19.3 Å². The third kappa shape index (κ3) is 8.70. The number of aliphatic hydroxyl groups excluding tert-OH is 1.